The van der Waals surface area contributed by atoms with Gasteiger partial charge in [0.1, 0.15) is 0 Å². The Morgan fingerprint density at radius 3 is 2.24 bits per heavy atom. The van der Waals surface area contributed by atoms with Crippen molar-refractivity contribution < 1.29 is 4.79 Å². The van der Waals surface area contributed by atoms with E-state index in [2.05, 4.69) is 38.1 Å². The molecule has 0 heterocycles. The summed E-state index contributed by atoms with van der Waals surface area (Å²) in [4.78, 5) is 14.4. The standard InChI is InChI=1S/C18H30N2O/c1-13-9-11-17(12-10-13)16(4)20(5)18(21)14(2)7-6-8-15(3)19/h9-12,14-16H,6-8,19H2,1-5H3. The molecule has 1 amide bonds. The van der Waals surface area contributed by atoms with Crippen LogP contribution >= 0.6 is 0 Å². The molecule has 3 heteroatoms. The molecule has 0 bridgehead atoms. The van der Waals surface area contributed by atoms with Gasteiger partial charge in [-0.05, 0) is 39.2 Å². The van der Waals surface area contributed by atoms with Crippen molar-refractivity contribution in [2.24, 2.45) is 11.7 Å². The summed E-state index contributed by atoms with van der Waals surface area (Å²) < 4.78 is 0. The van der Waals surface area contributed by atoms with Crippen LogP contribution in [0.1, 0.15) is 57.2 Å². The highest BCUT2D eigenvalue weighted by Gasteiger charge is 2.22. The molecule has 0 spiro atoms. The number of benzene rings is 1. The van der Waals surface area contributed by atoms with Crippen molar-refractivity contribution >= 4 is 5.91 Å². The molecule has 21 heavy (non-hydrogen) atoms. The van der Waals surface area contributed by atoms with Gasteiger partial charge in [0, 0.05) is 19.0 Å². The zero-order valence-electron chi connectivity index (χ0n) is 14.1. The van der Waals surface area contributed by atoms with Gasteiger partial charge in [-0.15, -0.1) is 0 Å². The van der Waals surface area contributed by atoms with E-state index < -0.39 is 0 Å². The molecule has 0 aliphatic rings. The molecule has 1 aromatic carbocycles. The summed E-state index contributed by atoms with van der Waals surface area (Å²) in [5.41, 5.74) is 8.18. The number of nitrogens with zero attached hydrogens (tertiary/aromatic N) is 1. The second-order valence-corrected chi connectivity index (χ2v) is 6.35. The largest absolute Gasteiger partial charge is 0.339 e. The van der Waals surface area contributed by atoms with E-state index in [0.29, 0.717) is 0 Å². The Kier molecular flexibility index (Phi) is 6.90. The molecule has 0 aliphatic heterocycles. The molecule has 1 aromatic rings. The first-order chi connectivity index (χ1) is 9.82. The van der Waals surface area contributed by atoms with Gasteiger partial charge in [0.05, 0.1) is 6.04 Å². The molecule has 1 rings (SSSR count). The first kappa shape index (κ1) is 17.7. The first-order valence-corrected chi connectivity index (χ1v) is 7.91. The molecule has 0 radical (unpaired) electrons. The smallest absolute Gasteiger partial charge is 0.225 e. The van der Waals surface area contributed by atoms with Gasteiger partial charge >= 0.3 is 0 Å². The van der Waals surface area contributed by atoms with Crippen LogP contribution in [0.15, 0.2) is 24.3 Å². The lowest BCUT2D eigenvalue weighted by molar-refractivity contribution is -0.135. The van der Waals surface area contributed by atoms with Crippen LogP contribution in [0.25, 0.3) is 0 Å². The van der Waals surface area contributed by atoms with E-state index in [1.165, 1.54) is 11.1 Å². The Bertz CT molecular complexity index is 439. The number of nitrogens with two attached hydrogens (primary N) is 1. The number of amides is 1. The van der Waals surface area contributed by atoms with Gasteiger partial charge in [-0.3, -0.25) is 4.79 Å². The molecule has 0 saturated carbocycles. The van der Waals surface area contributed by atoms with E-state index in [4.69, 9.17) is 5.73 Å². The second-order valence-electron chi connectivity index (χ2n) is 6.35. The van der Waals surface area contributed by atoms with Crippen LogP contribution in [0.4, 0.5) is 0 Å². The fourth-order valence-electron chi connectivity index (χ4n) is 2.48. The minimum atomic E-state index is 0.0571. The molecule has 3 unspecified atom stereocenters. The van der Waals surface area contributed by atoms with Crippen LogP contribution in [0.5, 0.6) is 0 Å². The molecular formula is C18H30N2O. The molecule has 0 saturated heterocycles. The molecular weight excluding hydrogens is 260 g/mol. The molecule has 118 valence electrons. The van der Waals surface area contributed by atoms with Crippen molar-refractivity contribution in [3.05, 3.63) is 35.4 Å². The number of carbonyl (C=O) groups is 1. The van der Waals surface area contributed by atoms with Gasteiger partial charge in [-0.25, -0.2) is 0 Å². The molecule has 0 aromatic heterocycles. The highest BCUT2D eigenvalue weighted by atomic mass is 16.2. The fraction of sp³-hybridized carbons (Fsp3) is 0.611. The van der Waals surface area contributed by atoms with Crippen LogP contribution in [0.3, 0.4) is 0 Å². The van der Waals surface area contributed by atoms with Crippen LogP contribution < -0.4 is 5.73 Å². The van der Waals surface area contributed by atoms with Gasteiger partial charge in [-0.1, -0.05) is 43.2 Å². The van der Waals surface area contributed by atoms with Gasteiger partial charge < -0.3 is 10.6 Å². The Morgan fingerprint density at radius 1 is 1.14 bits per heavy atom. The van der Waals surface area contributed by atoms with Gasteiger partial charge in [0.25, 0.3) is 0 Å². The third-order valence-corrected chi connectivity index (χ3v) is 4.21. The lowest BCUT2D eigenvalue weighted by Gasteiger charge is -2.28. The van der Waals surface area contributed by atoms with Crippen molar-refractivity contribution in [1.29, 1.82) is 0 Å². The minimum absolute atomic E-state index is 0.0571. The molecule has 3 nitrogen and oxygen atoms in total. The Morgan fingerprint density at radius 2 is 1.71 bits per heavy atom. The van der Waals surface area contributed by atoms with Gasteiger partial charge in [0.15, 0.2) is 0 Å². The summed E-state index contributed by atoms with van der Waals surface area (Å²) in [5.74, 6) is 0.273. The number of carbonyl (C=O) groups excluding carboxylic acids is 1. The van der Waals surface area contributed by atoms with Crippen LogP contribution in [-0.2, 0) is 4.79 Å². The summed E-state index contributed by atoms with van der Waals surface area (Å²) >= 11 is 0. The predicted octanol–water partition coefficient (Wildman–Crippen LogP) is 3.67. The van der Waals surface area contributed by atoms with Crippen molar-refractivity contribution in [2.75, 3.05) is 7.05 Å². The minimum Gasteiger partial charge on any atom is -0.339 e. The number of hydrogen-bond donors (Lipinski definition) is 1. The topological polar surface area (TPSA) is 46.3 Å². The Balaban J connectivity index is 2.58. The lowest BCUT2D eigenvalue weighted by Crippen LogP contribution is -2.34. The zero-order chi connectivity index (χ0) is 16.0. The van der Waals surface area contributed by atoms with Crippen molar-refractivity contribution in [3.63, 3.8) is 0 Å². The number of hydrogen-bond acceptors (Lipinski definition) is 2. The lowest BCUT2D eigenvalue weighted by atomic mass is 9.99. The third kappa shape index (κ3) is 5.50. The van der Waals surface area contributed by atoms with E-state index in [-0.39, 0.29) is 23.9 Å². The van der Waals surface area contributed by atoms with Crippen molar-refractivity contribution in [3.8, 4) is 0 Å². The molecule has 0 aliphatic carbocycles. The van der Waals surface area contributed by atoms with Crippen LogP contribution in [0.2, 0.25) is 0 Å². The normalized spacial score (nSPS) is 15.3. The quantitative estimate of drug-likeness (QED) is 0.833. The van der Waals surface area contributed by atoms with E-state index >= 15 is 0 Å². The SMILES string of the molecule is Cc1ccc(C(C)N(C)C(=O)C(C)CCCC(C)N)cc1. The van der Waals surface area contributed by atoms with Crippen LogP contribution in [-0.4, -0.2) is 23.9 Å². The van der Waals surface area contributed by atoms with Crippen molar-refractivity contribution in [2.45, 2.75) is 59.0 Å². The fourth-order valence-corrected chi connectivity index (χ4v) is 2.48. The summed E-state index contributed by atoms with van der Waals surface area (Å²) in [6, 6.07) is 8.71. The van der Waals surface area contributed by atoms with Crippen molar-refractivity contribution in [1.82, 2.24) is 4.90 Å². The maximum Gasteiger partial charge on any atom is 0.225 e. The number of aryl methyl sites for hydroxylation is 1. The average molecular weight is 290 g/mol. The summed E-state index contributed by atoms with van der Waals surface area (Å²) in [6.07, 6.45) is 2.90. The van der Waals surface area contributed by atoms with Gasteiger partial charge in [-0.2, -0.15) is 0 Å². The Hall–Kier alpha value is -1.35. The summed E-state index contributed by atoms with van der Waals surface area (Å²) in [5, 5.41) is 0. The van der Waals surface area contributed by atoms with E-state index in [1.54, 1.807) is 0 Å². The molecule has 0 fully saturated rings. The van der Waals surface area contributed by atoms with E-state index in [0.717, 1.165) is 19.3 Å². The second kappa shape index (κ2) is 8.18. The average Bonchev–Trinajstić information content (AvgIpc) is 2.45. The molecule has 3 atom stereocenters. The maximum atomic E-state index is 12.5. The maximum absolute atomic E-state index is 12.5. The summed E-state index contributed by atoms with van der Waals surface area (Å²) in [7, 11) is 1.90. The number of rotatable bonds is 7. The molecule has 2 N–H and O–H groups in total. The zero-order valence-corrected chi connectivity index (χ0v) is 14.1. The third-order valence-electron chi connectivity index (χ3n) is 4.21. The van der Waals surface area contributed by atoms with Gasteiger partial charge in [0.2, 0.25) is 5.91 Å². The summed E-state index contributed by atoms with van der Waals surface area (Å²) in [6.45, 7) is 8.18. The first-order valence-electron chi connectivity index (χ1n) is 7.91. The van der Waals surface area contributed by atoms with E-state index in [1.807, 2.05) is 25.8 Å². The highest BCUT2D eigenvalue weighted by molar-refractivity contribution is 5.78. The van der Waals surface area contributed by atoms with E-state index in [9.17, 15) is 4.79 Å². The highest BCUT2D eigenvalue weighted by Crippen LogP contribution is 2.22. The van der Waals surface area contributed by atoms with Crippen LogP contribution in [0, 0.1) is 12.8 Å². The predicted molar refractivity (Wildman–Crippen MR) is 89.0 cm³/mol. The Labute approximate surface area is 129 Å². The monoisotopic (exact) mass is 290 g/mol.